The Labute approximate surface area is 118 Å². The number of rotatable bonds is 7. The highest BCUT2D eigenvalue weighted by Crippen LogP contribution is 2.25. The molecule has 0 radical (unpaired) electrons. The van der Waals surface area contributed by atoms with Crippen LogP contribution in [0.15, 0.2) is 24.1 Å². The molecule has 104 valence electrons. The fourth-order valence-corrected chi connectivity index (χ4v) is 2.95. The second kappa shape index (κ2) is 6.82. The van der Waals surface area contributed by atoms with Crippen molar-refractivity contribution in [1.82, 2.24) is 19.9 Å². The summed E-state index contributed by atoms with van der Waals surface area (Å²) >= 11 is 1.71. The summed E-state index contributed by atoms with van der Waals surface area (Å²) < 4.78 is 2.24. The van der Waals surface area contributed by atoms with Crippen molar-refractivity contribution in [3.05, 3.63) is 34.8 Å². The number of hydrogen-bond donors (Lipinski definition) is 1. The molecule has 2 rings (SSSR count). The van der Waals surface area contributed by atoms with E-state index in [1.54, 1.807) is 11.3 Å². The Bertz CT molecular complexity index is 475. The maximum Gasteiger partial charge on any atom is 0.115 e. The zero-order valence-electron chi connectivity index (χ0n) is 11.8. The van der Waals surface area contributed by atoms with Gasteiger partial charge in [0.05, 0.1) is 18.1 Å². The highest BCUT2D eigenvalue weighted by molar-refractivity contribution is 7.09. The van der Waals surface area contributed by atoms with Gasteiger partial charge in [-0.1, -0.05) is 20.8 Å². The van der Waals surface area contributed by atoms with Gasteiger partial charge in [0, 0.05) is 24.3 Å². The van der Waals surface area contributed by atoms with E-state index in [1.807, 2.05) is 24.1 Å². The van der Waals surface area contributed by atoms with Gasteiger partial charge < -0.3 is 9.88 Å². The first kappa shape index (κ1) is 14.2. The first-order chi connectivity index (χ1) is 9.22. The summed E-state index contributed by atoms with van der Waals surface area (Å²) in [5, 5.41) is 6.67. The normalized spacial score (nSPS) is 13.1. The fourth-order valence-electron chi connectivity index (χ4n) is 2.13. The van der Waals surface area contributed by atoms with Crippen molar-refractivity contribution in [3.8, 4) is 0 Å². The molecule has 0 aliphatic rings. The third-order valence-electron chi connectivity index (χ3n) is 3.06. The molecular formula is C14H22N4S. The Morgan fingerprint density at radius 2 is 2.26 bits per heavy atom. The van der Waals surface area contributed by atoms with Crippen LogP contribution in [0.5, 0.6) is 0 Å². The van der Waals surface area contributed by atoms with Crippen LogP contribution in [-0.4, -0.2) is 21.1 Å². The lowest BCUT2D eigenvalue weighted by Crippen LogP contribution is -2.22. The van der Waals surface area contributed by atoms with Crippen molar-refractivity contribution >= 4 is 11.3 Å². The third-order valence-corrected chi connectivity index (χ3v) is 3.94. The van der Waals surface area contributed by atoms with E-state index in [-0.39, 0.29) is 0 Å². The Balaban J connectivity index is 2.09. The van der Waals surface area contributed by atoms with E-state index in [4.69, 9.17) is 0 Å². The van der Waals surface area contributed by atoms with Gasteiger partial charge in [0.25, 0.3) is 0 Å². The SMILES string of the molecule is CCC(c1nccs1)n1cncc1CNCC(C)C. The average Bonchev–Trinajstić information content (AvgIpc) is 3.02. The van der Waals surface area contributed by atoms with E-state index >= 15 is 0 Å². The molecule has 0 aliphatic heterocycles. The molecule has 1 N–H and O–H groups in total. The van der Waals surface area contributed by atoms with Crippen LogP contribution in [0.1, 0.15) is 43.9 Å². The summed E-state index contributed by atoms with van der Waals surface area (Å²) in [6.45, 7) is 8.51. The lowest BCUT2D eigenvalue weighted by atomic mass is 10.2. The lowest BCUT2D eigenvalue weighted by molar-refractivity contribution is 0.505. The van der Waals surface area contributed by atoms with E-state index in [9.17, 15) is 0 Å². The van der Waals surface area contributed by atoms with E-state index in [0.29, 0.717) is 12.0 Å². The Kier molecular flexibility index (Phi) is 5.10. The topological polar surface area (TPSA) is 42.7 Å². The van der Waals surface area contributed by atoms with Crippen LogP contribution in [0.2, 0.25) is 0 Å². The van der Waals surface area contributed by atoms with Crippen molar-refractivity contribution in [3.63, 3.8) is 0 Å². The predicted molar refractivity (Wildman–Crippen MR) is 79.3 cm³/mol. The van der Waals surface area contributed by atoms with Crippen LogP contribution in [0.25, 0.3) is 0 Å². The molecule has 0 saturated heterocycles. The van der Waals surface area contributed by atoms with E-state index < -0.39 is 0 Å². The minimum atomic E-state index is 0.304. The first-order valence-electron chi connectivity index (χ1n) is 6.83. The number of nitrogens with one attached hydrogen (secondary N) is 1. The molecule has 0 saturated carbocycles. The van der Waals surface area contributed by atoms with Gasteiger partial charge >= 0.3 is 0 Å². The third kappa shape index (κ3) is 3.64. The van der Waals surface area contributed by atoms with Gasteiger partial charge in [-0.2, -0.15) is 0 Å². The van der Waals surface area contributed by atoms with Gasteiger partial charge in [-0.05, 0) is 18.9 Å². The monoisotopic (exact) mass is 278 g/mol. The highest BCUT2D eigenvalue weighted by atomic mass is 32.1. The summed E-state index contributed by atoms with van der Waals surface area (Å²) in [5.41, 5.74) is 1.22. The van der Waals surface area contributed by atoms with Gasteiger partial charge in [-0.15, -0.1) is 11.3 Å². The number of hydrogen-bond acceptors (Lipinski definition) is 4. The Morgan fingerprint density at radius 1 is 1.42 bits per heavy atom. The van der Waals surface area contributed by atoms with Crippen LogP contribution in [-0.2, 0) is 6.54 Å². The molecular weight excluding hydrogens is 256 g/mol. The van der Waals surface area contributed by atoms with Crippen molar-refractivity contribution < 1.29 is 0 Å². The fraction of sp³-hybridized carbons (Fsp3) is 0.571. The summed E-state index contributed by atoms with van der Waals surface area (Å²) in [6.07, 6.45) is 6.77. The van der Waals surface area contributed by atoms with Crippen molar-refractivity contribution in [2.45, 2.75) is 39.8 Å². The number of nitrogens with zero attached hydrogens (tertiary/aromatic N) is 3. The van der Waals surface area contributed by atoms with Crippen molar-refractivity contribution in [2.24, 2.45) is 5.92 Å². The predicted octanol–water partition coefficient (Wildman–Crippen LogP) is 3.08. The Hall–Kier alpha value is -1.20. The van der Waals surface area contributed by atoms with E-state index in [1.165, 1.54) is 5.69 Å². The molecule has 1 atom stereocenters. The van der Waals surface area contributed by atoms with Crippen LogP contribution < -0.4 is 5.32 Å². The van der Waals surface area contributed by atoms with Crippen molar-refractivity contribution in [2.75, 3.05) is 6.54 Å². The molecule has 0 amide bonds. The molecule has 2 aromatic heterocycles. The van der Waals surface area contributed by atoms with Gasteiger partial charge in [0.2, 0.25) is 0 Å². The molecule has 0 fully saturated rings. The Morgan fingerprint density at radius 3 is 2.89 bits per heavy atom. The van der Waals surface area contributed by atoms with Crippen molar-refractivity contribution in [1.29, 1.82) is 0 Å². The maximum absolute atomic E-state index is 4.44. The summed E-state index contributed by atoms with van der Waals surface area (Å²) in [7, 11) is 0. The molecule has 2 heterocycles. The molecule has 19 heavy (non-hydrogen) atoms. The van der Waals surface area contributed by atoms with Crippen LogP contribution in [0.3, 0.4) is 0 Å². The highest BCUT2D eigenvalue weighted by Gasteiger charge is 2.16. The summed E-state index contributed by atoms with van der Waals surface area (Å²) in [4.78, 5) is 8.74. The molecule has 1 unspecified atom stereocenters. The average molecular weight is 278 g/mol. The second-order valence-electron chi connectivity index (χ2n) is 5.11. The molecule has 0 aromatic carbocycles. The molecule has 0 spiro atoms. The van der Waals surface area contributed by atoms with Crippen LogP contribution >= 0.6 is 11.3 Å². The molecule has 0 aliphatic carbocycles. The number of aromatic nitrogens is 3. The van der Waals surface area contributed by atoms with Crippen LogP contribution in [0.4, 0.5) is 0 Å². The minimum absolute atomic E-state index is 0.304. The van der Waals surface area contributed by atoms with Gasteiger partial charge in [0.15, 0.2) is 0 Å². The first-order valence-corrected chi connectivity index (χ1v) is 7.71. The standard InChI is InChI=1S/C14H22N4S/c1-4-13(14-17-5-6-19-14)18-10-16-9-12(18)8-15-7-11(2)3/h5-6,9-11,13,15H,4,7-8H2,1-3H3. The quantitative estimate of drug-likeness (QED) is 0.846. The number of imidazole rings is 1. The molecule has 2 aromatic rings. The minimum Gasteiger partial charge on any atom is -0.323 e. The maximum atomic E-state index is 4.44. The summed E-state index contributed by atoms with van der Waals surface area (Å²) in [5.74, 6) is 0.664. The largest absolute Gasteiger partial charge is 0.323 e. The number of thiazole rings is 1. The zero-order valence-corrected chi connectivity index (χ0v) is 12.7. The molecule has 5 heteroatoms. The molecule has 4 nitrogen and oxygen atoms in total. The zero-order chi connectivity index (χ0) is 13.7. The van der Waals surface area contributed by atoms with Gasteiger partial charge in [-0.3, -0.25) is 0 Å². The smallest absolute Gasteiger partial charge is 0.115 e. The molecule has 0 bridgehead atoms. The lowest BCUT2D eigenvalue weighted by Gasteiger charge is -2.18. The van der Waals surface area contributed by atoms with Crippen LogP contribution in [0, 0.1) is 5.92 Å². The van der Waals surface area contributed by atoms with E-state index in [0.717, 1.165) is 24.5 Å². The second-order valence-corrected chi connectivity index (χ2v) is 6.04. The van der Waals surface area contributed by atoms with Gasteiger partial charge in [0.1, 0.15) is 5.01 Å². The van der Waals surface area contributed by atoms with Gasteiger partial charge in [-0.25, -0.2) is 9.97 Å². The van der Waals surface area contributed by atoms with E-state index in [2.05, 4.69) is 40.6 Å². The summed E-state index contributed by atoms with van der Waals surface area (Å²) in [6, 6.07) is 0.304.